The number of rotatable bonds is 8. The summed E-state index contributed by atoms with van der Waals surface area (Å²) in [6.45, 7) is 2.58. The Bertz CT molecular complexity index is 879. The largest absolute Gasteiger partial charge is 0.494 e. The maximum atomic E-state index is 11.6. The number of hydrogen-bond acceptors (Lipinski definition) is 5. The molecule has 3 aromatic rings. The van der Waals surface area contributed by atoms with Crippen molar-refractivity contribution >= 4 is 17.7 Å². The molecule has 0 fully saturated rings. The molecule has 3 rings (SSSR count). The molecule has 0 aliphatic carbocycles. The molecule has 0 radical (unpaired) electrons. The van der Waals surface area contributed by atoms with Crippen molar-refractivity contribution in [1.29, 1.82) is 0 Å². The van der Waals surface area contributed by atoms with Crippen molar-refractivity contribution in [1.82, 2.24) is 20.1 Å². The Labute approximate surface area is 163 Å². The first-order chi connectivity index (χ1) is 13.2. The van der Waals surface area contributed by atoms with Gasteiger partial charge in [-0.3, -0.25) is 9.36 Å². The summed E-state index contributed by atoms with van der Waals surface area (Å²) in [6.07, 6.45) is 0.654. The third kappa shape index (κ3) is 4.89. The van der Waals surface area contributed by atoms with Crippen LogP contribution in [0.1, 0.15) is 18.3 Å². The van der Waals surface area contributed by atoms with Gasteiger partial charge in [-0.2, -0.15) is 0 Å². The molecular weight excluding hydrogens is 360 g/mol. The van der Waals surface area contributed by atoms with Gasteiger partial charge in [-0.05, 0) is 36.8 Å². The second-order valence-corrected chi connectivity index (χ2v) is 6.73. The molecule has 0 saturated carbocycles. The fourth-order valence-corrected chi connectivity index (χ4v) is 3.45. The summed E-state index contributed by atoms with van der Waals surface area (Å²) < 4.78 is 7.53. The number of carbonyl (C=O) groups is 1. The van der Waals surface area contributed by atoms with E-state index in [2.05, 4.69) is 27.6 Å². The van der Waals surface area contributed by atoms with Crippen molar-refractivity contribution in [2.45, 2.75) is 18.5 Å². The number of benzene rings is 2. The van der Waals surface area contributed by atoms with Gasteiger partial charge in [0.05, 0.1) is 12.4 Å². The first-order valence-electron chi connectivity index (χ1n) is 8.76. The summed E-state index contributed by atoms with van der Waals surface area (Å²) in [6, 6.07) is 18.0. The molecule has 1 aromatic heterocycles. The van der Waals surface area contributed by atoms with Gasteiger partial charge in [0.1, 0.15) is 11.6 Å². The molecule has 140 valence electrons. The Kier molecular flexibility index (Phi) is 6.49. The molecule has 0 unspecified atom stereocenters. The third-order valence-electron chi connectivity index (χ3n) is 3.92. The average molecular weight is 382 g/mol. The number of hydrogen-bond donors (Lipinski definition) is 1. The topological polar surface area (TPSA) is 69.0 Å². The maximum absolute atomic E-state index is 11.6. The van der Waals surface area contributed by atoms with Crippen LogP contribution in [0.3, 0.4) is 0 Å². The second kappa shape index (κ2) is 9.23. The van der Waals surface area contributed by atoms with E-state index >= 15 is 0 Å². The van der Waals surface area contributed by atoms with Crippen molar-refractivity contribution in [3.8, 4) is 11.4 Å². The minimum absolute atomic E-state index is 0.0501. The normalized spacial score (nSPS) is 10.6. The van der Waals surface area contributed by atoms with E-state index in [0.717, 1.165) is 22.8 Å². The van der Waals surface area contributed by atoms with Gasteiger partial charge in [0.25, 0.3) is 0 Å². The third-order valence-corrected chi connectivity index (χ3v) is 4.85. The Balaban J connectivity index is 1.93. The predicted octanol–water partition coefficient (Wildman–Crippen LogP) is 3.09. The Morgan fingerprint density at radius 2 is 1.85 bits per heavy atom. The highest BCUT2D eigenvalue weighted by Gasteiger charge is 2.16. The highest BCUT2D eigenvalue weighted by Crippen LogP contribution is 2.25. The van der Waals surface area contributed by atoms with E-state index in [0.29, 0.717) is 18.2 Å². The molecule has 1 heterocycles. The van der Waals surface area contributed by atoms with Crippen LogP contribution in [-0.2, 0) is 11.2 Å². The van der Waals surface area contributed by atoms with Gasteiger partial charge in [0.15, 0.2) is 5.16 Å². The van der Waals surface area contributed by atoms with E-state index < -0.39 is 0 Å². The zero-order valence-electron chi connectivity index (χ0n) is 15.4. The summed E-state index contributed by atoms with van der Waals surface area (Å²) in [5.41, 5.74) is 2.09. The van der Waals surface area contributed by atoms with E-state index in [4.69, 9.17) is 4.74 Å². The van der Waals surface area contributed by atoms with Crippen LogP contribution in [0.25, 0.3) is 5.69 Å². The van der Waals surface area contributed by atoms with Gasteiger partial charge in [0, 0.05) is 19.2 Å². The van der Waals surface area contributed by atoms with Crippen LogP contribution in [0, 0.1) is 0 Å². The molecule has 1 amide bonds. The number of nitrogens with zero attached hydrogens (tertiary/aromatic N) is 3. The first kappa shape index (κ1) is 19.0. The van der Waals surface area contributed by atoms with Gasteiger partial charge < -0.3 is 10.1 Å². The molecular formula is C20H22N4O2S. The Hall–Kier alpha value is -2.80. The highest BCUT2D eigenvalue weighted by atomic mass is 32.2. The zero-order chi connectivity index (χ0) is 19.1. The lowest BCUT2D eigenvalue weighted by Crippen LogP contribution is -2.20. The Morgan fingerprint density at radius 3 is 2.52 bits per heavy atom. The molecule has 0 aliphatic rings. The molecule has 2 aromatic carbocycles. The average Bonchev–Trinajstić information content (AvgIpc) is 3.10. The number of ether oxygens (including phenoxy) is 1. The minimum Gasteiger partial charge on any atom is -0.494 e. The Morgan fingerprint density at radius 1 is 1.11 bits per heavy atom. The van der Waals surface area contributed by atoms with Crippen molar-refractivity contribution in [3.05, 3.63) is 66.0 Å². The summed E-state index contributed by atoms with van der Waals surface area (Å²) in [7, 11) is 1.63. The molecule has 1 N–H and O–H groups in total. The van der Waals surface area contributed by atoms with E-state index in [1.165, 1.54) is 11.8 Å². The number of amides is 1. The van der Waals surface area contributed by atoms with E-state index in [9.17, 15) is 4.79 Å². The quantitative estimate of drug-likeness (QED) is 0.606. The fraction of sp³-hybridized carbons (Fsp3) is 0.250. The van der Waals surface area contributed by atoms with E-state index in [1.807, 2.05) is 54.0 Å². The van der Waals surface area contributed by atoms with Crippen LogP contribution >= 0.6 is 11.8 Å². The predicted molar refractivity (Wildman–Crippen MR) is 107 cm³/mol. The van der Waals surface area contributed by atoms with Crippen LogP contribution in [0.15, 0.2) is 59.8 Å². The SMILES string of the molecule is CCOc1ccc(-n2c(Cc3ccccc3)nnc2SCC(=O)NC)cc1. The number of nitrogens with one attached hydrogen (secondary N) is 1. The van der Waals surface area contributed by atoms with Gasteiger partial charge in [0.2, 0.25) is 5.91 Å². The van der Waals surface area contributed by atoms with Crippen molar-refractivity contribution < 1.29 is 9.53 Å². The summed E-state index contributed by atoms with van der Waals surface area (Å²) in [4.78, 5) is 11.6. The lowest BCUT2D eigenvalue weighted by atomic mass is 10.1. The van der Waals surface area contributed by atoms with Crippen LogP contribution < -0.4 is 10.1 Å². The standard InChI is InChI=1S/C20H22N4O2S/c1-3-26-17-11-9-16(10-12-17)24-18(13-15-7-5-4-6-8-15)22-23-20(24)27-14-19(25)21-2/h4-12H,3,13-14H2,1-2H3,(H,21,25). The smallest absolute Gasteiger partial charge is 0.230 e. The maximum Gasteiger partial charge on any atom is 0.230 e. The van der Waals surface area contributed by atoms with Gasteiger partial charge >= 0.3 is 0 Å². The zero-order valence-corrected chi connectivity index (χ0v) is 16.2. The molecule has 6 nitrogen and oxygen atoms in total. The molecule has 0 spiro atoms. The minimum atomic E-state index is -0.0501. The highest BCUT2D eigenvalue weighted by molar-refractivity contribution is 7.99. The van der Waals surface area contributed by atoms with Crippen molar-refractivity contribution in [2.75, 3.05) is 19.4 Å². The van der Waals surface area contributed by atoms with Crippen LogP contribution in [0.2, 0.25) is 0 Å². The number of thioether (sulfide) groups is 1. The molecule has 0 saturated heterocycles. The molecule has 7 heteroatoms. The molecule has 0 bridgehead atoms. The van der Waals surface area contributed by atoms with E-state index in [-0.39, 0.29) is 11.7 Å². The van der Waals surface area contributed by atoms with Crippen LogP contribution in [-0.4, -0.2) is 40.1 Å². The lowest BCUT2D eigenvalue weighted by molar-refractivity contribution is -0.118. The molecule has 0 atom stereocenters. The monoisotopic (exact) mass is 382 g/mol. The number of aromatic nitrogens is 3. The molecule has 27 heavy (non-hydrogen) atoms. The molecule has 0 aliphatic heterocycles. The fourth-order valence-electron chi connectivity index (χ4n) is 2.61. The van der Waals surface area contributed by atoms with Crippen LogP contribution in [0.5, 0.6) is 5.75 Å². The summed E-state index contributed by atoms with van der Waals surface area (Å²) >= 11 is 1.37. The number of carbonyl (C=O) groups excluding carboxylic acids is 1. The van der Waals surface area contributed by atoms with Crippen molar-refractivity contribution in [2.24, 2.45) is 0 Å². The summed E-state index contributed by atoms with van der Waals surface area (Å²) in [5.74, 6) is 1.88. The summed E-state index contributed by atoms with van der Waals surface area (Å²) in [5, 5.41) is 12.0. The van der Waals surface area contributed by atoms with Gasteiger partial charge in [-0.25, -0.2) is 0 Å². The lowest BCUT2D eigenvalue weighted by Gasteiger charge is -2.11. The van der Waals surface area contributed by atoms with Gasteiger partial charge in [-0.15, -0.1) is 10.2 Å². The van der Waals surface area contributed by atoms with Crippen LogP contribution in [0.4, 0.5) is 0 Å². The van der Waals surface area contributed by atoms with Gasteiger partial charge in [-0.1, -0.05) is 42.1 Å². The second-order valence-electron chi connectivity index (χ2n) is 5.79. The van der Waals surface area contributed by atoms with Crippen molar-refractivity contribution in [3.63, 3.8) is 0 Å². The first-order valence-corrected chi connectivity index (χ1v) is 9.74. The van der Waals surface area contributed by atoms with E-state index in [1.54, 1.807) is 7.05 Å².